The standard InChI is InChI=1S/C34H60O2/c1-3-5-7-9-11-13-14-15-16-17-19-20-22-24-28-32-29-26-27-30-33(32)36-34(35)31-25-23-21-18-12-10-8-6-4-2/h26-27,29-30H,3-25,28,31H2,1-2H3. The van der Waals surface area contributed by atoms with E-state index in [9.17, 15) is 4.79 Å². The third-order valence-electron chi connectivity index (χ3n) is 7.48. The molecule has 2 nitrogen and oxygen atoms in total. The van der Waals surface area contributed by atoms with Crippen molar-refractivity contribution in [2.75, 3.05) is 0 Å². The molecule has 1 aromatic rings. The van der Waals surface area contributed by atoms with Crippen LogP contribution in [0.15, 0.2) is 24.3 Å². The van der Waals surface area contributed by atoms with E-state index in [2.05, 4.69) is 26.0 Å². The maximum absolute atomic E-state index is 12.4. The molecule has 0 aliphatic rings. The van der Waals surface area contributed by atoms with Crippen molar-refractivity contribution in [3.8, 4) is 5.75 Å². The van der Waals surface area contributed by atoms with Gasteiger partial charge in [-0.05, 0) is 30.9 Å². The van der Waals surface area contributed by atoms with Crippen LogP contribution in [0.5, 0.6) is 5.75 Å². The molecule has 0 saturated carbocycles. The van der Waals surface area contributed by atoms with E-state index in [-0.39, 0.29) is 5.97 Å². The Bertz CT molecular complexity index is 609. The topological polar surface area (TPSA) is 26.3 Å². The first-order chi connectivity index (χ1) is 17.8. The molecule has 0 spiro atoms. The lowest BCUT2D eigenvalue weighted by Crippen LogP contribution is -2.09. The van der Waals surface area contributed by atoms with Crippen molar-refractivity contribution >= 4 is 5.97 Å². The van der Waals surface area contributed by atoms with E-state index in [1.807, 2.05) is 12.1 Å². The van der Waals surface area contributed by atoms with Gasteiger partial charge in [0, 0.05) is 6.42 Å². The smallest absolute Gasteiger partial charge is 0.311 e. The molecule has 0 heterocycles. The van der Waals surface area contributed by atoms with Crippen LogP contribution >= 0.6 is 0 Å². The molecule has 36 heavy (non-hydrogen) atoms. The number of rotatable bonds is 26. The Morgan fingerprint density at radius 1 is 0.528 bits per heavy atom. The normalized spacial score (nSPS) is 11.2. The number of hydrogen-bond acceptors (Lipinski definition) is 2. The number of ether oxygens (including phenoxy) is 1. The van der Waals surface area contributed by atoms with Crippen LogP contribution in [-0.2, 0) is 11.2 Å². The van der Waals surface area contributed by atoms with Gasteiger partial charge in [0.05, 0.1) is 0 Å². The number of esters is 1. The van der Waals surface area contributed by atoms with Gasteiger partial charge in [-0.25, -0.2) is 0 Å². The molecule has 0 amide bonds. The van der Waals surface area contributed by atoms with E-state index in [1.54, 1.807) is 0 Å². The quantitative estimate of drug-likeness (QED) is 0.0718. The zero-order chi connectivity index (χ0) is 25.9. The number of unbranched alkanes of at least 4 members (excludes halogenated alkanes) is 21. The lowest BCUT2D eigenvalue weighted by Gasteiger charge is -2.10. The summed E-state index contributed by atoms with van der Waals surface area (Å²) < 4.78 is 5.75. The Morgan fingerprint density at radius 3 is 1.39 bits per heavy atom. The summed E-state index contributed by atoms with van der Waals surface area (Å²) in [5.41, 5.74) is 1.19. The van der Waals surface area contributed by atoms with Crippen LogP contribution in [0.3, 0.4) is 0 Å². The second-order valence-corrected chi connectivity index (χ2v) is 11.0. The average Bonchev–Trinajstić information content (AvgIpc) is 2.89. The number of para-hydroxylation sites is 1. The van der Waals surface area contributed by atoms with Crippen LogP contribution in [0.1, 0.15) is 174 Å². The first-order valence-electron chi connectivity index (χ1n) is 16.1. The number of benzene rings is 1. The van der Waals surface area contributed by atoms with Crippen LogP contribution in [0.2, 0.25) is 0 Å². The molecule has 0 unspecified atom stereocenters. The molecule has 0 radical (unpaired) electrons. The summed E-state index contributed by atoms with van der Waals surface area (Å²) in [5, 5.41) is 0. The SMILES string of the molecule is CCCCCCCCCCCCCCCCc1ccccc1OC(=O)CCCCCCCCCCC. The molecule has 0 aliphatic heterocycles. The van der Waals surface area contributed by atoms with Gasteiger partial charge in [-0.1, -0.05) is 167 Å². The predicted octanol–water partition coefficient (Wildman–Crippen LogP) is 11.5. The zero-order valence-electron chi connectivity index (χ0n) is 24.3. The van der Waals surface area contributed by atoms with Gasteiger partial charge in [0.2, 0.25) is 0 Å². The van der Waals surface area contributed by atoms with Gasteiger partial charge >= 0.3 is 5.97 Å². The fourth-order valence-corrected chi connectivity index (χ4v) is 5.07. The van der Waals surface area contributed by atoms with Gasteiger partial charge in [0.1, 0.15) is 5.75 Å². The Morgan fingerprint density at radius 2 is 0.917 bits per heavy atom. The first-order valence-corrected chi connectivity index (χ1v) is 16.1. The molecule has 0 fully saturated rings. The number of carbonyl (C=O) groups excluding carboxylic acids is 1. The maximum atomic E-state index is 12.4. The summed E-state index contributed by atoms with van der Waals surface area (Å²) in [6.45, 7) is 4.55. The second kappa shape index (κ2) is 25.3. The highest BCUT2D eigenvalue weighted by Gasteiger charge is 2.09. The van der Waals surface area contributed by atoms with E-state index >= 15 is 0 Å². The Labute approximate surface area is 225 Å². The number of hydrogen-bond donors (Lipinski definition) is 0. The lowest BCUT2D eigenvalue weighted by molar-refractivity contribution is -0.134. The van der Waals surface area contributed by atoms with Crippen molar-refractivity contribution < 1.29 is 9.53 Å². The van der Waals surface area contributed by atoms with Crippen molar-refractivity contribution in [3.63, 3.8) is 0 Å². The molecular weight excluding hydrogens is 440 g/mol. The van der Waals surface area contributed by atoms with Crippen LogP contribution < -0.4 is 4.74 Å². The van der Waals surface area contributed by atoms with Crippen molar-refractivity contribution in [2.45, 2.75) is 174 Å². The fraction of sp³-hybridized carbons (Fsp3) is 0.794. The summed E-state index contributed by atoms with van der Waals surface area (Å²) >= 11 is 0. The van der Waals surface area contributed by atoms with Crippen molar-refractivity contribution in [3.05, 3.63) is 29.8 Å². The minimum Gasteiger partial charge on any atom is -0.426 e. The van der Waals surface area contributed by atoms with Crippen LogP contribution in [0.4, 0.5) is 0 Å². The maximum Gasteiger partial charge on any atom is 0.311 e. The minimum absolute atomic E-state index is 0.0636. The number of aryl methyl sites for hydroxylation is 1. The molecule has 1 rings (SSSR count). The molecule has 0 saturated heterocycles. The number of carbonyl (C=O) groups is 1. The Balaban J connectivity index is 2.03. The van der Waals surface area contributed by atoms with Gasteiger partial charge in [0.15, 0.2) is 0 Å². The summed E-state index contributed by atoms with van der Waals surface area (Å²) in [6.07, 6.45) is 32.3. The summed E-state index contributed by atoms with van der Waals surface area (Å²) in [6, 6.07) is 8.14. The first kappa shape index (κ1) is 32.7. The Hall–Kier alpha value is -1.31. The van der Waals surface area contributed by atoms with Gasteiger partial charge in [0.25, 0.3) is 0 Å². The highest BCUT2D eigenvalue weighted by atomic mass is 16.5. The predicted molar refractivity (Wildman–Crippen MR) is 158 cm³/mol. The van der Waals surface area contributed by atoms with Crippen LogP contribution in [0.25, 0.3) is 0 Å². The highest BCUT2D eigenvalue weighted by molar-refractivity contribution is 5.72. The van der Waals surface area contributed by atoms with Gasteiger partial charge in [-0.3, -0.25) is 4.79 Å². The lowest BCUT2D eigenvalue weighted by atomic mass is 10.0. The summed E-state index contributed by atoms with van der Waals surface area (Å²) in [5.74, 6) is 0.722. The third kappa shape index (κ3) is 19.8. The third-order valence-corrected chi connectivity index (χ3v) is 7.48. The monoisotopic (exact) mass is 500 g/mol. The van der Waals surface area contributed by atoms with Crippen molar-refractivity contribution in [2.24, 2.45) is 0 Å². The van der Waals surface area contributed by atoms with E-state index in [4.69, 9.17) is 4.74 Å². The minimum atomic E-state index is -0.0636. The largest absolute Gasteiger partial charge is 0.426 e. The van der Waals surface area contributed by atoms with E-state index in [0.29, 0.717) is 6.42 Å². The molecule has 0 aliphatic carbocycles. The molecule has 2 heteroatoms. The fourth-order valence-electron chi connectivity index (χ4n) is 5.07. The molecule has 0 atom stereocenters. The van der Waals surface area contributed by atoms with Crippen LogP contribution in [0, 0.1) is 0 Å². The summed E-state index contributed by atoms with van der Waals surface area (Å²) in [4.78, 5) is 12.4. The van der Waals surface area contributed by atoms with E-state index < -0.39 is 0 Å². The Kier molecular flexibility index (Phi) is 23.0. The molecule has 0 N–H and O–H groups in total. The van der Waals surface area contributed by atoms with Gasteiger partial charge < -0.3 is 4.74 Å². The highest BCUT2D eigenvalue weighted by Crippen LogP contribution is 2.22. The molecular formula is C34H60O2. The molecule has 0 aromatic heterocycles. The zero-order valence-corrected chi connectivity index (χ0v) is 24.3. The van der Waals surface area contributed by atoms with Crippen molar-refractivity contribution in [1.29, 1.82) is 0 Å². The molecule has 0 bridgehead atoms. The van der Waals surface area contributed by atoms with Crippen molar-refractivity contribution in [1.82, 2.24) is 0 Å². The van der Waals surface area contributed by atoms with Crippen LogP contribution in [-0.4, -0.2) is 5.97 Å². The molecule has 1 aromatic carbocycles. The average molecular weight is 501 g/mol. The van der Waals surface area contributed by atoms with Gasteiger partial charge in [-0.2, -0.15) is 0 Å². The van der Waals surface area contributed by atoms with Gasteiger partial charge in [-0.15, -0.1) is 0 Å². The summed E-state index contributed by atoms with van der Waals surface area (Å²) in [7, 11) is 0. The van der Waals surface area contributed by atoms with E-state index in [1.165, 1.54) is 140 Å². The second-order valence-electron chi connectivity index (χ2n) is 11.0. The molecule has 208 valence electrons. The van der Waals surface area contributed by atoms with E-state index in [0.717, 1.165) is 25.0 Å².